The van der Waals surface area contributed by atoms with E-state index in [1.54, 1.807) is 0 Å². The monoisotopic (exact) mass is 1030 g/mol. The molecule has 3 N–H and O–H groups in total. The molecule has 0 rings (SSSR count). The highest BCUT2D eigenvalue weighted by Gasteiger charge is 2.20. The third-order valence-electron chi connectivity index (χ3n) is 15.5. The highest BCUT2D eigenvalue weighted by Crippen LogP contribution is 2.18. The first-order valence-electron chi connectivity index (χ1n) is 33.1. The summed E-state index contributed by atoms with van der Waals surface area (Å²) in [4.78, 5) is 24.6. The Morgan fingerprint density at radius 1 is 0.384 bits per heavy atom. The van der Waals surface area contributed by atoms with Crippen LogP contribution in [0.15, 0.2) is 24.3 Å². The lowest BCUT2D eigenvalue weighted by atomic mass is 10.0. The fourth-order valence-corrected chi connectivity index (χ4v) is 10.4. The Bertz CT molecular complexity index is 1140. The van der Waals surface area contributed by atoms with E-state index in [1.807, 2.05) is 0 Å². The lowest BCUT2D eigenvalue weighted by Gasteiger charge is -2.22. The molecule has 0 heterocycles. The van der Waals surface area contributed by atoms with Gasteiger partial charge in [0, 0.05) is 12.8 Å². The number of carbonyl (C=O) groups is 2. The average molecular weight is 1030 g/mol. The molecule has 0 aliphatic carbocycles. The van der Waals surface area contributed by atoms with Crippen LogP contribution in [0.25, 0.3) is 0 Å². The molecule has 73 heavy (non-hydrogen) atoms. The molecule has 1 amide bonds. The predicted molar refractivity (Wildman–Crippen MR) is 320 cm³/mol. The first-order valence-corrected chi connectivity index (χ1v) is 33.1. The van der Waals surface area contributed by atoms with Crippen LogP contribution in [-0.4, -0.2) is 47.4 Å². The molecule has 2 unspecified atom stereocenters. The molecule has 0 saturated heterocycles. The van der Waals surface area contributed by atoms with Gasteiger partial charge < -0.3 is 20.3 Å². The topological polar surface area (TPSA) is 95.9 Å². The first-order chi connectivity index (χ1) is 36.0. The minimum atomic E-state index is -0.664. The van der Waals surface area contributed by atoms with E-state index in [1.165, 1.54) is 283 Å². The van der Waals surface area contributed by atoms with Gasteiger partial charge in [-0.1, -0.05) is 321 Å². The van der Waals surface area contributed by atoms with Gasteiger partial charge in [0.15, 0.2) is 0 Å². The van der Waals surface area contributed by atoms with Gasteiger partial charge in [-0.3, -0.25) is 9.59 Å². The molecule has 0 fully saturated rings. The lowest BCUT2D eigenvalue weighted by Crippen LogP contribution is -2.45. The first kappa shape index (κ1) is 71.3. The van der Waals surface area contributed by atoms with Crippen molar-refractivity contribution in [1.29, 1.82) is 0 Å². The molecule has 2 atom stereocenters. The number of ether oxygens (including phenoxy) is 1. The van der Waals surface area contributed by atoms with Gasteiger partial charge in [0.05, 0.1) is 25.4 Å². The van der Waals surface area contributed by atoms with E-state index in [4.69, 9.17) is 4.74 Å². The molecule has 0 aliphatic rings. The molecular formula is C67H129NO5. The molecule has 0 aromatic heterocycles. The maximum absolute atomic E-state index is 12.5. The number of unbranched alkanes of at least 4 members (excludes halogenated alkanes) is 47. The van der Waals surface area contributed by atoms with Crippen molar-refractivity contribution in [3.8, 4) is 0 Å². The Morgan fingerprint density at radius 2 is 0.685 bits per heavy atom. The normalized spacial score (nSPS) is 12.7. The maximum atomic E-state index is 12.5. The van der Waals surface area contributed by atoms with Gasteiger partial charge in [0.2, 0.25) is 5.91 Å². The van der Waals surface area contributed by atoms with Gasteiger partial charge >= 0.3 is 5.97 Å². The van der Waals surface area contributed by atoms with Crippen LogP contribution in [0.2, 0.25) is 0 Å². The second kappa shape index (κ2) is 62.9. The van der Waals surface area contributed by atoms with E-state index in [0.29, 0.717) is 25.9 Å². The Labute approximate surface area is 456 Å². The Morgan fingerprint density at radius 3 is 1.07 bits per heavy atom. The van der Waals surface area contributed by atoms with Crippen molar-refractivity contribution in [2.24, 2.45) is 0 Å². The van der Waals surface area contributed by atoms with Crippen molar-refractivity contribution in [3.05, 3.63) is 24.3 Å². The number of aliphatic hydroxyl groups is 2. The van der Waals surface area contributed by atoms with E-state index < -0.39 is 12.1 Å². The summed E-state index contributed by atoms with van der Waals surface area (Å²) >= 11 is 0. The minimum absolute atomic E-state index is 0.00731. The summed E-state index contributed by atoms with van der Waals surface area (Å²) in [5.41, 5.74) is 0. The molecule has 6 nitrogen and oxygen atoms in total. The highest BCUT2D eigenvalue weighted by molar-refractivity contribution is 5.76. The number of nitrogens with one attached hydrogen (secondary N) is 1. The molecular weight excluding hydrogens is 899 g/mol. The van der Waals surface area contributed by atoms with Gasteiger partial charge in [0.1, 0.15) is 0 Å². The molecule has 0 aromatic carbocycles. The largest absolute Gasteiger partial charge is 0.466 e. The van der Waals surface area contributed by atoms with Crippen LogP contribution in [0.5, 0.6) is 0 Å². The smallest absolute Gasteiger partial charge is 0.305 e. The van der Waals surface area contributed by atoms with E-state index in [9.17, 15) is 19.8 Å². The van der Waals surface area contributed by atoms with Crippen LogP contribution < -0.4 is 5.32 Å². The number of carbonyl (C=O) groups excluding carboxylic acids is 2. The Kier molecular flexibility index (Phi) is 61.4. The van der Waals surface area contributed by atoms with Crippen molar-refractivity contribution in [2.75, 3.05) is 13.2 Å². The molecule has 0 aromatic rings. The summed E-state index contributed by atoms with van der Waals surface area (Å²) in [6.07, 6.45) is 77.7. The minimum Gasteiger partial charge on any atom is -0.466 e. The van der Waals surface area contributed by atoms with Crippen LogP contribution in [0, 0.1) is 0 Å². The van der Waals surface area contributed by atoms with Gasteiger partial charge in [0.25, 0.3) is 0 Å². The van der Waals surface area contributed by atoms with E-state index in [-0.39, 0.29) is 18.5 Å². The summed E-state index contributed by atoms with van der Waals surface area (Å²) in [5, 5.41) is 23.3. The zero-order valence-corrected chi connectivity index (χ0v) is 49.4. The van der Waals surface area contributed by atoms with Gasteiger partial charge in [-0.05, 0) is 57.8 Å². The van der Waals surface area contributed by atoms with Crippen LogP contribution in [0.3, 0.4) is 0 Å². The average Bonchev–Trinajstić information content (AvgIpc) is 3.39. The standard InChI is InChI=1S/C67H129NO5/c1-3-5-7-9-11-13-15-17-19-28-33-37-41-45-49-53-57-61-67(72)73-62-58-54-50-46-42-38-34-30-27-25-23-21-22-24-26-29-32-36-40-44-48-52-56-60-66(71)68-64(63-69)65(70)59-55-51-47-43-39-35-31-20-18-16-14-12-10-8-6-4-2/h11,13,17,19,64-65,69-70H,3-10,12,14-16,18,20-63H2,1-2H3,(H,68,71)/b13-11-,19-17-. The fraction of sp³-hybridized carbons (Fsp3) is 0.910. The number of amides is 1. The number of rotatable bonds is 62. The zero-order chi connectivity index (χ0) is 52.9. The number of aliphatic hydroxyl groups excluding tert-OH is 2. The molecule has 0 spiro atoms. The predicted octanol–water partition coefficient (Wildman–Crippen LogP) is 21.0. The lowest BCUT2D eigenvalue weighted by molar-refractivity contribution is -0.143. The number of esters is 1. The second-order valence-corrected chi connectivity index (χ2v) is 22.8. The summed E-state index contributed by atoms with van der Waals surface area (Å²) in [6.45, 7) is 4.95. The molecule has 0 radical (unpaired) electrons. The third-order valence-corrected chi connectivity index (χ3v) is 15.5. The number of allylic oxidation sites excluding steroid dienone is 4. The summed E-state index contributed by atoms with van der Waals surface area (Å²) in [5.74, 6) is -0.0244. The van der Waals surface area contributed by atoms with Crippen molar-refractivity contribution < 1.29 is 24.5 Å². The molecule has 0 saturated carbocycles. The number of hydrogen-bond donors (Lipinski definition) is 3. The summed E-state index contributed by atoms with van der Waals surface area (Å²) < 4.78 is 5.49. The molecule has 0 bridgehead atoms. The SMILES string of the molecule is CCCCC/C=C\C/C=C\CCCCCCCCCC(=O)OCCCCCCCCCCCCCCCCCCCCCCCCCC(=O)NC(CO)C(O)CCCCCCCCCCCCCCCCCC. The zero-order valence-electron chi connectivity index (χ0n) is 49.4. The fourth-order valence-electron chi connectivity index (χ4n) is 10.4. The van der Waals surface area contributed by atoms with Gasteiger partial charge in [-0.15, -0.1) is 0 Å². The highest BCUT2D eigenvalue weighted by atomic mass is 16.5. The second-order valence-electron chi connectivity index (χ2n) is 22.8. The Balaban J connectivity index is 3.36. The quantitative estimate of drug-likeness (QED) is 0.0320. The Hall–Kier alpha value is -1.66. The van der Waals surface area contributed by atoms with Crippen LogP contribution in [-0.2, 0) is 14.3 Å². The molecule has 6 heteroatoms. The van der Waals surface area contributed by atoms with Crippen molar-refractivity contribution in [2.45, 2.75) is 379 Å². The summed E-state index contributed by atoms with van der Waals surface area (Å²) in [7, 11) is 0. The van der Waals surface area contributed by atoms with Crippen molar-refractivity contribution >= 4 is 11.9 Å². The van der Waals surface area contributed by atoms with Crippen LogP contribution in [0.4, 0.5) is 0 Å². The van der Waals surface area contributed by atoms with Gasteiger partial charge in [-0.25, -0.2) is 0 Å². The molecule has 432 valence electrons. The van der Waals surface area contributed by atoms with Gasteiger partial charge in [-0.2, -0.15) is 0 Å². The van der Waals surface area contributed by atoms with Crippen molar-refractivity contribution in [1.82, 2.24) is 5.32 Å². The van der Waals surface area contributed by atoms with Crippen LogP contribution in [0.1, 0.15) is 367 Å². The van der Waals surface area contributed by atoms with E-state index >= 15 is 0 Å². The summed E-state index contributed by atoms with van der Waals surface area (Å²) in [6, 6.07) is -0.541. The molecule has 0 aliphatic heterocycles. The van der Waals surface area contributed by atoms with E-state index in [2.05, 4.69) is 43.5 Å². The van der Waals surface area contributed by atoms with Crippen LogP contribution >= 0.6 is 0 Å². The maximum Gasteiger partial charge on any atom is 0.305 e. The number of hydrogen-bond acceptors (Lipinski definition) is 5. The van der Waals surface area contributed by atoms with Crippen molar-refractivity contribution in [3.63, 3.8) is 0 Å². The van der Waals surface area contributed by atoms with E-state index in [0.717, 1.165) is 51.4 Å². The third kappa shape index (κ3) is 59.4.